The fraction of sp³-hybridized carbons (Fsp3) is 0.667. The standard InChI is InChI=1S/C12H19N3O4S/c1-4-6-9-13-14-12(20-7-10(16)17)15(9)8(3)11(18)19-5-2/h8H,4-7H2,1-3H3,(H,16,17). The van der Waals surface area contributed by atoms with Crippen molar-refractivity contribution in [2.75, 3.05) is 12.4 Å². The molecule has 0 amide bonds. The van der Waals surface area contributed by atoms with Gasteiger partial charge in [-0.05, 0) is 20.3 Å². The van der Waals surface area contributed by atoms with E-state index in [0.29, 0.717) is 24.0 Å². The number of aliphatic carboxylic acids is 1. The predicted octanol–water partition coefficient (Wildman–Crippen LogP) is 1.53. The van der Waals surface area contributed by atoms with Crippen LogP contribution in [0.5, 0.6) is 0 Å². The highest BCUT2D eigenvalue weighted by atomic mass is 32.2. The molecule has 8 heteroatoms. The van der Waals surface area contributed by atoms with Crippen molar-refractivity contribution in [3.63, 3.8) is 0 Å². The van der Waals surface area contributed by atoms with Crippen molar-refractivity contribution >= 4 is 23.7 Å². The number of carboxylic acids is 1. The van der Waals surface area contributed by atoms with Gasteiger partial charge in [-0.3, -0.25) is 9.36 Å². The summed E-state index contributed by atoms with van der Waals surface area (Å²) < 4.78 is 6.66. The summed E-state index contributed by atoms with van der Waals surface area (Å²) in [4.78, 5) is 22.5. The third kappa shape index (κ3) is 4.22. The molecular formula is C12H19N3O4S. The molecule has 0 radical (unpaired) electrons. The summed E-state index contributed by atoms with van der Waals surface area (Å²) in [6.07, 6.45) is 1.53. The van der Waals surface area contributed by atoms with Gasteiger partial charge in [-0.25, -0.2) is 4.79 Å². The second-order valence-electron chi connectivity index (χ2n) is 4.13. The molecule has 1 heterocycles. The molecular weight excluding hydrogens is 282 g/mol. The van der Waals surface area contributed by atoms with E-state index < -0.39 is 12.0 Å². The fourth-order valence-corrected chi connectivity index (χ4v) is 2.44. The fourth-order valence-electron chi connectivity index (χ4n) is 1.68. The zero-order valence-electron chi connectivity index (χ0n) is 11.8. The average Bonchev–Trinajstić information content (AvgIpc) is 2.79. The van der Waals surface area contributed by atoms with E-state index in [2.05, 4.69) is 10.2 Å². The number of aromatic nitrogens is 3. The Labute approximate surface area is 121 Å². The maximum absolute atomic E-state index is 11.9. The second-order valence-corrected chi connectivity index (χ2v) is 5.07. The topological polar surface area (TPSA) is 94.3 Å². The molecule has 112 valence electrons. The average molecular weight is 301 g/mol. The normalized spacial score (nSPS) is 12.2. The number of hydrogen-bond acceptors (Lipinski definition) is 6. The lowest BCUT2D eigenvalue weighted by atomic mass is 10.3. The van der Waals surface area contributed by atoms with Gasteiger partial charge in [0, 0.05) is 6.42 Å². The molecule has 0 aliphatic carbocycles. The molecule has 0 saturated heterocycles. The van der Waals surface area contributed by atoms with Crippen LogP contribution in [0.2, 0.25) is 0 Å². The molecule has 0 saturated carbocycles. The summed E-state index contributed by atoms with van der Waals surface area (Å²) in [7, 11) is 0. The maximum Gasteiger partial charge on any atom is 0.328 e. The zero-order chi connectivity index (χ0) is 15.1. The minimum Gasteiger partial charge on any atom is -0.481 e. The van der Waals surface area contributed by atoms with Gasteiger partial charge in [0.1, 0.15) is 11.9 Å². The summed E-state index contributed by atoms with van der Waals surface area (Å²) in [6, 6.07) is -0.567. The van der Waals surface area contributed by atoms with Crippen LogP contribution in [0.15, 0.2) is 5.16 Å². The zero-order valence-corrected chi connectivity index (χ0v) is 12.6. The van der Waals surface area contributed by atoms with E-state index in [0.717, 1.165) is 18.2 Å². The number of aryl methyl sites for hydroxylation is 1. The van der Waals surface area contributed by atoms with Crippen molar-refractivity contribution in [3.8, 4) is 0 Å². The van der Waals surface area contributed by atoms with Gasteiger partial charge in [0.15, 0.2) is 5.16 Å². The van der Waals surface area contributed by atoms with Crippen LogP contribution >= 0.6 is 11.8 Å². The van der Waals surface area contributed by atoms with Gasteiger partial charge in [-0.15, -0.1) is 10.2 Å². The van der Waals surface area contributed by atoms with Crippen molar-refractivity contribution in [2.45, 2.75) is 44.8 Å². The Morgan fingerprint density at radius 2 is 2.10 bits per heavy atom. The number of carboxylic acid groups (broad SMARTS) is 1. The molecule has 1 aromatic rings. The number of carbonyl (C=O) groups is 2. The van der Waals surface area contributed by atoms with E-state index in [9.17, 15) is 9.59 Å². The number of thioether (sulfide) groups is 1. The number of nitrogens with zero attached hydrogens (tertiary/aromatic N) is 3. The van der Waals surface area contributed by atoms with Crippen molar-refractivity contribution in [1.29, 1.82) is 0 Å². The Morgan fingerprint density at radius 3 is 2.65 bits per heavy atom. The number of ether oxygens (including phenoxy) is 1. The van der Waals surface area contributed by atoms with Crippen LogP contribution in [-0.4, -0.2) is 44.2 Å². The van der Waals surface area contributed by atoms with E-state index in [-0.39, 0.29) is 11.7 Å². The van der Waals surface area contributed by atoms with Crippen LogP contribution in [0.4, 0.5) is 0 Å². The lowest BCUT2D eigenvalue weighted by molar-refractivity contribution is -0.146. The van der Waals surface area contributed by atoms with Gasteiger partial charge in [-0.1, -0.05) is 18.7 Å². The molecule has 0 aliphatic rings. The van der Waals surface area contributed by atoms with Crippen molar-refractivity contribution in [1.82, 2.24) is 14.8 Å². The van der Waals surface area contributed by atoms with E-state index in [1.807, 2.05) is 6.92 Å². The Morgan fingerprint density at radius 1 is 1.40 bits per heavy atom. The van der Waals surface area contributed by atoms with Gasteiger partial charge in [0.2, 0.25) is 0 Å². The first-order chi connectivity index (χ1) is 9.51. The first-order valence-electron chi connectivity index (χ1n) is 6.46. The Hall–Kier alpha value is -1.57. The third-order valence-electron chi connectivity index (χ3n) is 2.55. The highest BCUT2D eigenvalue weighted by molar-refractivity contribution is 7.99. The predicted molar refractivity (Wildman–Crippen MR) is 73.7 cm³/mol. The minimum absolute atomic E-state index is 0.125. The van der Waals surface area contributed by atoms with Crippen LogP contribution in [0.3, 0.4) is 0 Å². The van der Waals surface area contributed by atoms with Crippen molar-refractivity contribution in [2.24, 2.45) is 0 Å². The monoisotopic (exact) mass is 301 g/mol. The molecule has 1 N–H and O–H groups in total. The van der Waals surface area contributed by atoms with Crippen LogP contribution in [-0.2, 0) is 20.7 Å². The van der Waals surface area contributed by atoms with Gasteiger partial charge >= 0.3 is 11.9 Å². The quantitative estimate of drug-likeness (QED) is 0.574. The van der Waals surface area contributed by atoms with Crippen LogP contribution < -0.4 is 0 Å². The first-order valence-corrected chi connectivity index (χ1v) is 7.44. The molecule has 0 bridgehead atoms. The van der Waals surface area contributed by atoms with E-state index in [1.165, 1.54) is 0 Å². The molecule has 0 fully saturated rings. The Kier molecular flexibility index (Phi) is 6.50. The van der Waals surface area contributed by atoms with Gasteiger partial charge < -0.3 is 9.84 Å². The molecule has 1 unspecified atom stereocenters. The van der Waals surface area contributed by atoms with E-state index >= 15 is 0 Å². The molecule has 20 heavy (non-hydrogen) atoms. The molecule has 1 aromatic heterocycles. The maximum atomic E-state index is 11.9. The smallest absolute Gasteiger partial charge is 0.328 e. The largest absolute Gasteiger partial charge is 0.481 e. The van der Waals surface area contributed by atoms with Gasteiger partial charge in [0.25, 0.3) is 0 Å². The molecule has 7 nitrogen and oxygen atoms in total. The SMILES string of the molecule is CCCc1nnc(SCC(=O)O)n1C(C)C(=O)OCC. The second kappa shape index (κ2) is 7.88. The van der Waals surface area contributed by atoms with Gasteiger partial charge in [-0.2, -0.15) is 0 Å². The summed E-state index contributed by atoms with van der Waals surface area (Å²) in [5.41, 5.74) is 0. The first kappa shape index (κ1) is 16.5. The lowest BCUT2D eigenvalue weighted by Crippen LogP contribution is -2.22. The number of hydrogen-bond donors (Lipinski definition) is 1. The highest BCUT2D eigenvalue weighted by Gasteiger charge is 2.24. The molecule has 0 aromatic carbocycles. The minimum atomic E-state index is -0.939. The van der Waals surface area contributed by atoms with E-state index in [4.69, 9.17) is 9.84 Å². The molecule has 1 atom stereocenters. The number of esters is 1. The van der Waals surface area contributed by atoms with Crippen molar-refractivity contribution in [3.05, 3.63) is 5.82 Å². The molecule has 0 spiro atoms. The summed E-state index contributed by atoms with van der Waals surface area (Å²) in [5, 5.41) is 17.2. The summed E-state index contributed by atoms with van der Waals surface area (Å²) in [5.74, 6) is -0.770. The molecule has 1 rings (SSSR count). The third-order valence-corrected chi connectivity index (χ3v) is 3.48. The van der Waals surface area contributed by atoms with E-state index in [1.54, 1.807) is 18.4 Å². The molecule has 0 aliphatic heterocycles. The Balaban J connectivity index is 3.00. The van der Waals surface area contributed by atoms with Gasteiger partial charge in [0.05, 0.1) is 12.4 Å². The lowest BCUT2D eigenvalue weighted by Gasteiger charge is -2.16. The Bertz CT molecular complexity index is 475. The summed E-state index contributed by atoms with van der Waals surface area (Å²) >= 11 is 1.05. The highest BCUT2D eigenvalue weighted by Crippen LogP contribution is 2.23. The summed E-state index contributed by atoms with van der Waals surface area (Å²) in [6.45, 7) is 5.74. The van der Waals surface area contributed by atoms with Crippen molar-refractivity contribution < 1.29 is 19.4 Å². The number of carbonyl (C=O) groups excluding carboxylic acids is 1. The van der Waals surface area contributed by atoms with Crippen LogP contribution in [0.25, 0.3) is 0 Å². The van der Waals surface area contributed by atoms with Crippen LogP contribution in [0.1, 0.15) is 39.1 Å². The van der Waals surface area contributed by atoms with Crippen LogP contribution in [0, 0.1) is 0 Å². The number of rotatable bonds is 8.